The van der Waals surface area contributed by atoms with Gasteiger partial charge in [-0.2, -0.15) is 0 Å². The molecule has 2 aromatic carbocycles. The van der Waals surface area contributed by atoms with E-state index in [1.165, 1.54) is 33.4 Å². The van der Waals surface area contributed by atoms with Gasteiger partial charge in [0.05, 0.1) is 0 Å². The average Bonchev–Trinajstić information content (AvgIpc) is 2.31. The van der Waals surface area contributed by atoms with E-state index in [0.717, 1.165) is 12.8 Å². The molecule has 0 saturated carbocycles. The summed E-state index contributed by atoms with van der Waals surface area (Å²) >= 11 is 0. The molecule has 0 radical (unpaired) electrons. The molecule has 0 spiro atoms. The van der Waals surface area contributed by atoms with Crippen molar-refractivity contribution in [2.45, 2.75) is 40.5 Å². The Hall–Kier alpha value is -1.56. The molecule has 18 heavy (non-hydrogen) atoms. The van der Waals surface area contributed by atoms with Crippen LogP contribution in [0.1, 0.15) is 33.4 Å². The Bertz CT molecular complexity index is 530. The molecule has 0 aliphatic carbocycles. The topological polar surface area (TPSA) is 0 Å². The van der Waals surface area contributed by atoms with Crippen LogP contribution < -0.4 is 0 Å². The van der Waals surface area contributed by atoms with Gasteiger partial charge in [0.15, 0.2) is 0 Å². The van der Waals surface area contributed by atoms with Gasteiger partial charge in [0.1, 0.15) is 0 Å². The highest BCUT2D eigenvalue weighted by Crippen LogP contribution is 2.18. The highest BCUT2D eigenvalue weighted by atomic mass is 14.1. The third kappa shape index (κ3) is 2.81. The summed E-state index contributed by atoms with van der Waals surface area (Å²) in [6.07, 6.45) is 2.28. The van der Waals surface area contributed by atoms with Crippen LogP contribution >= 0.6 is 0 Å². The normalized spacial score (nSPS) is 10.7. The van der Waals surface area contributed by atoms with E-state index < -0.39 is 0 Å². The molecule has 2 aromatic rings. The Morgan fingerprint density at radius 1 is 0.722 bits per heavy atom. The van der Waals surface area contributed by atoms with Crippen molar-refractivity contribution in [2.75, 3.05) is 0 Å². The fourth-order valence-electron chi connectivity index (χ4n) is 2.63. The molecule has 94 valence electrons. The van der Waals surface area contributed by atoms with Crippen molar-refractivity contribution in [3.8, 4) is 0 Å². The lowest BCUT2D eigenvalue weighted by molar-refractivity contribution is 0.927. The quantitative estimate of drug-likeness (QED) is 0.726. The highest BCUT2D eigenvalue weighted by Gasteiger charge is 2.04. The van der Waals surface area contributed by atoms with Gasteiger partial charge in [-0.15, -0.1) is 0 Å². The second kappa shape index (κ2) is 5.39. The smallest absolute Gasteiger partial charge is 0.0233 e. The SMILES string of the molecule is Cc1ccc(CCc2c(C)cccc2C)c(C)c1. The van der Waals surface area contributed by atoms with Crippen LogP contribution in [0.2, 0.25) is 0 Å². The zero-order valence-corrected chi connectivity index (χ0v) is 11.9. The van der Waals surface area contributed by atoms with Crippen LogP contribution in [-0.4, -0.2) is 0 Å². The number of aryl methyl sites for hydroxylation is 5. The van der Waals surface area contributed by atoms with Crippen LogP contribution in [0.4, 0.5) is 0 Å². The summed E-state index contributed by atoms with van der Waals surface area (Å²) in [4.78, 5) is 0. The molecule has 0 bridgehead atoms. The molecule has 0 saturated heterocycles. The first kappa shape index (κ1) is 12.9. The van der Waals surface area contributed by atoms with Crippen molar-refractivity contribution < 1.29 is 0 Å². The molecule has 0 atom stereocenters. The lowest BCUT2D eigenvalue weighted by atomic mass is 9.94. The van der Waals surface area contributed by atoms with Crippen molar-refractivity contribution >= 4 is 0 Å². The van der Waals surface area contributed by atoms with Gasteiger partial charge in [0.2, 0.25) is 0 Å². The lowest BCUT2D eigenvalue weighted by Crippen LogP contribution is -1.99. The second-order valence-corrected chi connectivity index (χ2v) is 5.30. The third-order valence-corrected chi connectivity index (χ3v) is 3.79. The van der Waals surface area contributed by atoms with Crippen LogP contribution in [0.25, 0.3) is 0 Å². The van der Waals surface area contributed by atoms with Gasteiger partial charge >= 0.3 is 0 Å². The standard InChI is InChI=1S/C18H22/c1-13-8-9-17(16(4)12-13)10-11-18-14(2)6-5-7-15(18)3/h5-9,12H,10-11H2,1-4H3. The molecule has 0 aliphatic heterocycles. The van der Waals surface area contributed by atoms with Crippen LogP contribution in [-0.2, 0) is 12.8 Å². The van der Waals surface area contributed by atoms with Crippen molar-refractivity contribution in [1.82, 2.24) is 0 Å². The Kier molecular flexibility index (Phi) is 3.86. The van der Waals surface area contributed by atoms with Crippen molar-refractivity contribution in [2.24, 2.45) is 0 Å². The Morgan fingerprint density at radius 2 is 1.39 bits per heavy atom. The zero-order valence-electron chi connectivity index (χ0n) is 11.9. The predicted octanol–water partition coefficient (Wildman–Crippen LogP) is 4.71. The molecule has 0 fully saturated rings. The molecule has 0 nitrogen and oxygen atoms in total. The highest BCUT2D eigenvalue weighted by molar-refractivity contribution is 5.36. The van der Waals surface area contributed by atoms with E-state index in [4.69, 9.17) is 0 Å². The second-order valence-electron chi connectivity index (χ2n) is 5.30. The van der Waals surface area contributed by atoms with Gasteiger partial charge in [0.25, 0.3) is 0 Å². The third-order valence-electron chi connectivity index (χ3n) is 3.79. The average molecular weight is 238 g/mol. The van der Waals surface area contributed by atoms with E-state index in [-0.39, 0.29) is 0 Å². The van der Waals surface area contributed by atoms with Crippen LogP contribution in [0.15, 0.2) is 36.4 Å². The predicted molar refractivity (Wildman–Crippen MR) is 79.2 cm³/mol. The van der Waals surface area contributed by atoms with E-state index >= 15 is 0 Å². The molecule has 0 N–H and O–H groups in total. The molecule has 0 heteroatoms. The van der Waals surface area contributed by atoms with E-state index in [9.17, 15) is 0 Å². The first-order chi connectivity index (χ1) is 8.58. The summed E-state index contributed by atoms with van der Waals surface area (Å²) in [6.45, 7) is 8.80. The number of rotatable bonds is 3. The zero-order chi connectivity index (χ0) is 13.1. The largest absolute Gasteiger partial charge is 0.0617 e. The molecule has 0 aliphatic rings. The lowest BCUT2D eigenvalue weighted by Gasteiger charge is -2.11. The van der Waals surface area contributed by atoms with Crippen molar-refractivity contribution in [1.29, 1.82) is 0 Å². The van der Waals surface area contributed by atoms with Crippen molar-refractivity contribution in [3.05, 3.63) is 69.8 Å². The number of hydrogen-bond donors (Lipinski definition) is 0. The molecule has 2 rings (SSSR count). The van der Waals surface area contributed by atoms with Gasteiger partial charge in [0, 0.05) is 0 Å². The first-order valence-electron chi connectivity index (χ1n) is 6.69. The van der Waals surface area contributed by atoms with E-state index in [0.29, 0.717) is 0 Å². The number of benzene rings is 2. The molecule has 0 unspecified atom stereocenters. The molecule has 0 amide bonds. The maximum atomic E-state index is 2.28. The summed E-state index contributed by atoms with van der Waals surface area (Å²) in [7, 11) is 0. The van der Waals surface area contributed by atoms with E-state index in [2.05, 4.69) is 64.1 Å². The maximum absolute atomic E-state index is 2.28. The fraction of sp³-hybridized carbons (Fsp3) is 0.333. The summed E-state index contributed by atoms with van der Waals surface area (Å²) in [5, 5.41) is 0. The van der Waals surface area contributed by atoms with E-state index in [1.54, 1.807) is 0 Å². The Morgan fingerprint density at radius 3 is 2.00 bits per heavy atom. The Balaban J connectivity index is 2.16. The van der Waals surface area contributed by atoms with Gasteiger partial charge in [-0.1, -0.05) is 42.0 Å². The summed E-state index contributed by atoms with van der Waals surface area (Å²) in [5.41, 5.74) is 8.59. The van der Waals surface area contributed by atoms with Gasteiger partial charge in [-0.3, -0.25) is 0 Å². The van der Waals surface area contributed by atoms with Gasteiger partial charge in [-0.05, 0) is 68.4 Å². The minimum Gasteiger partial charge on any atom is -0.0617 e. The van der Waals surface area contributed by atoms with Crippen molar-refractivity contribution in [3.63, 3.8) is 0 Å². The fourth-order valence-corrected chi connectivity index (χ4v) is 2.63. The Labute approximate surface area is 111 Å². The van der Waals surface area contributed by atoms with E-state index in [1.807, 2.05) is 0 Å². The molecule has 0 heterocycles. The monoisotopic (exact) mass is 238 g/mol. The minimum atomic E-state index is 1.14. The summed E-state index contributed by atoms with van der Waals surface area (Å²) < 4.78 is 0. The van der Waals surface area contributed by atoms with Gasteiger partial charge < -0.3 is 0 Å². The van der Waals surface area contributed by atoms with Crippen LogP contribution in [0.5, 0.6) is 0 Å². The number of hydrogen-bond acceptors (Lipinski definition) is 0. The molecule has 0 aromatic heterocycles. The summed E-state index contributed by atoms with van der Waals surface area (Å²) in [5.74, 6) is 0. The first-order valence-corrected chi connectivity index (χ1v) is 6.69. The van der Waals surface area contributed by atoms with Gasteiger partial charge in [-0.25, -0.2) is 0 Å². The van der Waals surface area contributed by atoms with Crippen LogP contribution in [0, 0.1) is 27.7 Å². The minimum absolute atomic E-state index is 1.14. The van der Waals surface area contributed by atoms with Crippen LogP contribution in [0.3, 0.4) is 0 Å². The molecular weight excluding hydrogens is 216 g/mol. The molecular formula is C18H22. The summed E-state index contributed by atoms with van der Waals surface area (Å²) in [6, 6.07) is 13.3. The maximum Gasteiger partial charge on any atom is -0.0233 e.